The van der Waals surface area contributed by atoms with Gasteiger partial charge in [0.15, 0.2) is 6.39 Å². The van der Waals surface area contributed by atoms with Gasteiger partial charge in [-0.05, 0) is 23.8 Å². The zero-order valence-corrected chi connectivity index (χ0v) is 15.3. The molecule has 6 nitrogen and oxygen atoms in total. The molecule has 3 aromatic rings. The first-order valence-electron chi connectivity index (χ1n) is 8.00. The summed E-state index contributed by atoms with van der Waals surface area (Å²) in [5, 5.41) is 0.711. The molecule has 0 aliphatic rings. The van der Waals surface area contributed by atoms with Crippen molar-refractivity contribution >= 4 is 23.8 Å². The number of benzene rings is 1. The van der Waals surface area contributed by atoms with Crippen LogP contribution >= 0.6 is 11.6 Å². The fourth-order valence-corrected chi connectivity index (χ4v) is 2.69. The predicted octanol–water partition coefficient (Wildman–Crippen LogP) is 1.66. The molecular formula is C19H18ClN3O3. The van der Waals surface area contributed by atoms with Crippen molar-refractivity contribution in [1.29, 1.82) is 0 Å². The topological polar surface area (TPSA) is 91.8 Å². The fraction of sp³-hybridized carbons (Fsp3) is 0.211. The highest BCUT2D eigenvalue weighted by Gasteiger charge is 2.21. The Morgan fingerprint density at radius 1 is 1.04 bits per heavy atom. The van der Waals surface area contributed by atoms with Crippen LogP contribution in [0.2, 0.25) is 5.02 Å². The smallest absolute Gasteiger partial charge is 0.272 e. The van der Waals surface area contributed by atoms with Crippen LogP contribution in [-0.2, 0) is 5.41 Å². The number of rotatable bonds is 2. The van der Waals surface area contributed by atoms with Gasteiger partial charge in [-0.15, -0.1) is 0 Å². The first kappa shape index (κ1) is 17.9. The summed E-state index contributed by atoms with van der Waals surface area (Å²) in [6.45, 7) is 5.92. The van der Waals surface area contributed by atoms with Gasteiger partial charge in [-0.2, -0.15) is 0 Å². The molecule has 26 heavy (non-hydrogen) atoms. The van der Waals surface area contributed by atoms with Crippen molar-refractivity contribution in [2.45, 2.75) is 26.2 Å². The van der Waals surface area contributed by atoms with E-state index in [1.807, 2.05) is 20.8 Å². The summed E-state index contributed by atoms with van der Waals surface area (Å²) in [6.07, 6.45) is 4.35. The Bertz CT molecular complexity index is 1180. The molecule has 0 radical (unpaired) electrons. The number of halogens is 1. The molecule has 1 aromatic carbocycles. The Labute approximate surface area is 153 Å². The van der Waals surface area contributed by atoms with E-state index in [-0.39, 0.29) is 16.1 Å². The summed E-state index contributed by atoms with van der Waals surface area (Å²) in [4.78, 5) is 34.0. The maximum Gasteiger partial charge on any atom is 0.272 e. The molecule has 0 bridgehead atoms. The van der Waals surface area contributed by atoms with Crippen LogP contribution in [0, 0.1) is 0 Å². The molecule has 0 saturated carbocycles. The van der Waals surface area contributed by atoms with E-state index < -0.39 is 11.1 Å². The van der Waals surface area contributed by atoms with Crippen molar-refractivity contribution in [2.75, 3.05) is 0 Å². The number of oxazole rings is 1. The van der Waals surface area contributed by atoms with Crippen LogP contribution in [0.15, 0.2) is 44.7 Å². The molecule has 0 fully saturated rings. The fourth-order valence-electron chi connectivity index (χ4n) is 2.50. The average molecular weight is 372 g/mol. The number of aromatic nitrogens is 3. The van der Waals surface area contributed by atoms with Crippen LogP contribution < -0.4 is 21.8 Å². The zero-order valence-electron chi connectivity index (χ0n) is 14.6. The lowest BCUT2D eigenvalue weighted by atomic mass is 9.92. The van der Waals surface area contributed by atoms with E-state index in [1.54, 1.807) is 24.3 Å². The lowest BCUT2D eigenvalue weighted by molar-refractivity contribution is 0.407. The molecule has 7 heteroatoms. The second-order valence-electron chi connectivity index (χ2n) is 6.86. The Kier molecular flexibility index (Phi) is 4.70. The lowest BCUT2D eigenvalue weighted by Crippen LogP contribution is -2.46. The molecule has 0 spiro atoms. The molecule has 0 aliphatic heterocycles. The third-order valence-corrected chi connectivity index (χ3v) is 4.09. The third kappa shape index (κ3) is 3.70. The molecule has 134 valence electrons. The highest BCUT2D eigenvalue weighted by Crippen LogP contribution is 2.25. The van der Waals surface area contributed by atoms with Crippen LogP contribution in [0.1, 0.15) is 37.8 Å². The van der Waals surface area contributed by atoms with E-state index in [4.69, 9.17) is 16.0 Å². The van der Waals surface area contributed by atoms with Gasteiger partial charge in [0, 0.05) is 10.4 Å². The minimum atomic E-state index is -0.439. The molecule has 0 aliphatic carbocycles. The van der Waals surface area contributed by atoms with E-state index in [1.165, 1.54) is 18.5 Å². The van der Waals surface area contributed by atoms with Crippen LogP contribution in [0.25, 0.3) is 12.2 Å². The Morgan fingerprint density at radius 2 is 1.65 bits per heavy atom. The van der Waals surface area contributed by atoms with E-state index in [2.05, 4.69) is 15.0 Å². The van der Waals surface area contributed by atoms with Crippen LogP contribution in [0.3, 0.4) is 0 Å². The Morgan fingerprint density at radius 3 is 2.27 bits per heavy atom. The van der Waals surface area contributed by atoms with Crippen molar-refractivity contribution in [3.8, 4) is 0 Å². The molecule has 0 unspecified atom stereocenters. The quantitative estimate of drug-likeness (QED) is 0.716. The molecule has 2 heterocycles. The number of hydrogen-bond donors (Lipinski definition) is 2. The van der Waals surface area contributed by atoms with Crippen molar-refractivity contribution in [3.05, 3.63) is 84.1 Å². The first-order valence-corrected chi connectivity index (χ1v) is 8.38. The molecule has 3 rings (SSSR count). The van der Waals surface area contributed by atoms with Gasteiger partial charge in [-0.1, -0.05) is 50.6 Å². The predicted molar refractivity (Wildman–Crippen MR) is 101 cm³/mol. The Balaban J connectivity index is 2.16. The maximum atomic E-state index is 12.4. The van der Waals surface area contributed by atoms with E-state index >= 15 is 0 Å². The highest BCUT2D eigenvalue weighted by molar-refractivity contribution is 6.32. The van der Waals surface area contributed by atoms with E-state index in [0.717, 1.165) is 0 Å². The van der Waals surface area contributed by atoms with Crippen molar-refractivity contribution in [3.63, 3.8) is 0 Å². The van der Waals surface area contributed by atoms with Gasteiger partial charge in [-0.25, -0.2) is 4.98 Å². The summed E-state index contributed by atoms with van der Waals surface area (Å²) < 4.78 is 5.42. The normalized spacial score (nSPS) is 13.4. The van der Waals surface area contributed by atoms with E-state index in [9.17, 15) is 9.59 Å². The van der Waals surface area contributed by atoms with Crippen LogP contribution in [0.5, 0.6) is 0 Å². The van der Waals surface area contributed by atoms with Gasteiger partial charge in [0.2, 0.25) is 0 Å². The van der Waals surface area contributed by atoms with Gasteiger partial charge in [-0.3, -0.25) is 9.59 Å². The monoisotopic (exact) mass is 371 g/mol. The zero-order chi connectivity index (χ0) is 18.9. The van der Waals surface area contributed by atoms with Gasteiger partial charge in [0.05, 0.1) is 0 Å². The minimum Gasteiger partial charge on any atom is -0.447 e. The molecule has 0 amide bonds. The van der Waals surface area contributed by atoms with Crippen molar-refractivity contribution in [1.82, 2.24) is 15.0 Å². The SMILES string of the molecule is CC(C)(C)c1ocnc1C=c1[nH]c(=O)c(=Cc2ccccc2Cl)[nH]c1=O. The Hall–Kier alpha value is -2.86. The molecule has 0 atom stereocenters. The van der Waals surface area contributed by atoms with Crippen molar-refractivity contribution < 1.29 is 4.42 Å². The van der Waals surface area contributed by atoms with Crippen molar-refractivity contribution in [2.24, 2.45) is 0 Å². The van der Waals surface area contributed by atoms with E-state index in [0.29, 0.717) is 22.0 Å². The van der Waals surface area contributed by atoms with Gasteiger partial charge < -0.3 is 14.4 Å². The molecular weight excluding hydrogens is 354 g/mol. The molecule has 2 aromatic heterocycles. The van der Waals surface area contributed by atoms with Gasteiger partial charge in [0.25, 0.3) is 11.1 Å². The number of H-pyrrole nitrogens is 2. The van der Waals surface area contributed by atoms with Gasteiger partial charge in [0.1, 0.15) is 22.2 Å². The average Bonchev–Trinajstić information content (AvgIpc) is 3.03. The lowest BCUT2D eigenvalue weighted by Gasteiger charge is -2.14. The summed E-state index contributed by atoms with van der Waals surface area (Å²) in [5.74, 6) is 0.629. The highest BCUT2D eigenvalue weighted by atomic mass is 35.5. The molecule has 0 saturated heterocycles. The summed E-state index contributed by atoms with van der Waals surface area (Å²) >= 11 is 6.09. The third-order valence-electron chi connectivity index (χ3n) is 3.75. The number of nitrogens with one attached hydrogen (secondary N) is 2. The first-order chi connectivity index (χ1) is 12.3. The largest absolute Gasteiger partial charge is 0.447 e. The minimum absolute atomic E-state index is 0.103. The maximum absolute atomic E-state index is 12.4. The number of aromatic amines is 2. The second kappa shape index (κ2) is 6.80. The number of hydrogen-bond acceptors (Lipinski definition) is 4. The summed E-state index contributed by atoms with van der Waals surface area (Å²) in [5.41, 5.74) is -0.0185. The summed E-state index contributed by atoms with van der Waals surface area (Å²) in [7, 11) is 0. The second-order valence-corrected chi connectivity index (χ2v) is 7.27. The van der Waals surface area contributed by atoms with Crippen LogP contribution in [-0.4, -0.2) is 15.0 Å². The van der Waals surface area contributed by atoms with Crippen LogP contribution in [0.4, 0.5) is 0 Å². The number of nitrogens with zero attached hydrogens (tertiary/aromatic N) is 1. The van der Waals surface area contributed by atoms with Gasteiger partial charge >= 0.3 is 0 Å². The molecule has 2 N–H and O–H groups in total. The standard InChI is InChI=1S/C19H18ClN3O3/c1-19(2,3)16-13(21-10-26-16)9-15-18(25)22-14(17(24)23-15)8-11-6-4-5-7-12(11)20/h4-10H,1-3H3,(H,22,25)(H,23,24). The summed E-state index contributed by atoms with van der Waals surface area (Å²) in [6, 6.07) is 7.05.